The lowest BCUT2D eigenvalue weighted by molar-refractivity contribution is -0.139. The van der Waals surface area contributed by atoms with Crippen molar-refractivity contribution in [2.24, 2.45) is 17.6 Å². The fourth-order valence-electron chi connectivity index (χ4n) is 3.59. The van der Waals surface area contributed by atoms with Crippen molar-refractivity contribution in [2.75, 3.05) is 0 Å². The molecule has 0 fully saturated rings. The lowest BCUT2D eigenvalue weighted by Gasteiger charge is -2.31. The van der Waals surface area contributed by atoms with Gasteiger partial charge in [0, 0.05) is 24.7 Å². The van der Waals surface area contributed by atoms with Crippen molar-refractivity contribution in [3.8, 4) is 0 Å². The van der Waals surface area contributed by atoms with E-state index in [-0.39, 0.29) is 40.5 Å². The highest BCUT2D eigenvalue weighted by atomic mass is 35.5. The van der Waals surface area contributed by atoms with Gasteiger partial charge in [-0.1, -0.05) is 61.0 Å². The average molecular weight is 504 g/mol. The first-order valence-electron chi connectivity index (χ1n) is 10.5. The molecular weight excluding hydrogens is 478 g/mol. The zero-order valence-corrected chi connectivity index (χ0v) is 20.3. The molecule has 180 valence electrons. The van der Waals surface area contributed by atoms with Crippen LogP contribution in [-0.4, -0.2) is 31.1 Å². The Kier molecular flexibility index (Phi) is 7.75. The third-order valence-corrected chi connectivity index (χ3v) is 7.48. The summed E-state index contributed by atoms with van der Waals surface area (Å²) in [4.78, 5) is 27.7. The Morgan fingerprint density at radius 1 is 1.21 bits per heavy atom. The Labute approximate surface area is 203 Å². The predicted octanol–water partition coefficient (Wildman–Crippen LogP) is 2.44. The van der Waals surface area contributed by atoms with Gasteiger partial charge in [0.1, 0.15) is 10.7 Å². The van der Waals surface area contributed by atoms with E-state index in [0.717, 1.165) is 10.6 Å². The van der Waals surface area contributed by atoms with Gasteiger partial charge in [-0.15, -0.1) is 4.83 Å². The molecule has 0 radical (unpaired) electrons. The fourth-order valence-corrected chi connectivity index (χ4v) is 5.43. The average Bonchev–Trinajstić information content (AvgIpc) is 2.77. The minimum atomic E-state index is -4.13. The standard InChI is InChI=1S/C23H26ClN5O4S/c1-14-10-11-29(28-34(32,33)21-15(2)4-3-5-19(21)24)23(31)18(14)12-20(30)27-13-16-6-8-17(9-7-16)22(25)26/h3-11,14,18,28H,12-13H2,1-2H3,(H3,25,26)(H,27,30). The highest BCUT2D eigenvalue weighted by Crippen LogP contribution is 2.27. The Bertz CT molecular complexity index is 1220. The van der Waals surface area contributed by atoms with Crippen molar-refractivity contribution in [1.82, 2.24) is 15.2 Å². The van der Waals surface area contributed by atoms with Gasteiger partial charge >= 0.3 is 0 Å². The van der Waals surface area contributed by atoms with Crippen LogP contribution in [0.15, 0.2) is 59.6 Å². The number of halogens is 1. The van der Waals surface area contributed by atoms with Crippen LogP contribution in [0.2, 0.25) is 5.02 Å². The van der Waals surface area contributed by atoms with Crippen molar-refractivity contribution in [3.63, 3.8) is 0 Å². The van der Waals surface area contributed by atoms with Gasteiger partial charge in [-0.05, 0) is 30.0 Å². The number of amides is 2. The number of nitrogen functional groups attached to an aromatic ring is 1. The molecule has 5 N–H and O–H groups in total. The number of carbonyl (C=O) groups is 2. The number of hydrogen-bond donors (Lipinski definition) is 4. The molecule has 2 atom stereocenters. The molecule has 1 aliphatic rings. The topological polar surface area (TPSA) is 145 Å². The maximum atomic E-state index is 13.0. The quantitative estimate of drug-likeness (QED) is 0.323. The molecule has 11 heteroatoms. The molecule has 0 aliphatic carbocycles. The second kappa shape index (κ2) is 10.4. The molecule has 2 unspecified atom stereocenters. The maximum absolute atomic E-state index is 13.0. The van der Waals surface area contributed by atoms with Crippen LogP contribution in [0.4, 0.5) is 0 Å². The van der Waals surface area contributed by atoms with E-state index in [9.17, 15) is 18.0 Å². The lowest BCUT2D eigenvalue weighted by Crippen LogP contribution is -2.49. The molecule has 0 spiro atoms. The molecule has 0 saturated carbocycles. The first-order valence-corrected chi connectivity index (χ1v) is 12.3. The molecule has 2 amide bonds. The molecule has 0 aromatic heterocycles. The number of aryl methyl sites for hydroxylation is 1. The van der Waals surface area contributed by atoms with Crippen LogP contribution < -0.4 is 15.9 Å². The number of amidine groups is 1. The zero-order valence-electron chi connectivity index (χ0n) is 18.7. The summed E-state index contributed by atoms with van der Waals surface area (Å²) in [5.41, 5.74) is 7.27. The van der Waals surface area contributed by atoms with Crippen LogP contribution in [0, 0.1) is 24.2 Å². The Morgan fingerprint density at radius 3 is 2.50 bits per heavy atom. The summed E-state index contributed by atoms with van der Waals surface area (Å²) in [6.07, 6.45) is 2.91. The van der Waals surface area contributed by atoms with E-state index >= 15 is 0 Å². The minimum absolute atomic E-state index is 0.0431. The first-order chi connectivity index (χ1) is 16.0. The van der Waals surface area contributed by atoms with Crippen molar-refractivity contribution in [2.45, 2.75) is 31.7 Å². The molecule has 34 heavy (non-hydrogen) atoms. The number of rotatable bonds is 8. The third kappa shape index (κ3) is 5.82. The largest absolute Gasteiger partial charge is 0.384 e. The van der Waals surface area contributed by atoms with E-state index in [1.165, 1.54) is 12.3 Å². The smallest absolute Gasteiger partial charge is 0.259 e. The summed E-state index contributed by atoms with van der Waals surface area (Å²) >= 11 is 6.09. The lowest BCUT2D eigenvalue weighted by atomic mass is 9.87. The Balaban J connectivity index is 1.66. The van der Waals surface area contributed by atoms with Crippen molar-refractivity contribution >= 4 is 39.3 Å². The van der Waals surface area contributed by atoms with Crippen LogP contribution >= 0.6 is 11.6 Å². The summed E-state index contributed by atoms with van der Waals surface area (Å²) in [6.45, 7) is 3.64. The van der Waals surface area contributed by atoms with Crippen LogP contribution in [0.1, 0.15) is 30.0 Å². The van der Waals surface area contributed by atoms with Gasteiger partial charge in [0.2, 0.25) is 11.8 Å². The molecule has 2 aromatic rings. The van der Waals surface area contributed by atoms with Crippen LogP contribution in [0.3, 0.4) is 0 Å². The SMILES string of the molecule is Cc1cccc(Cl)c1S(=O)(=O)NN1C=CC(C)C(CC(=O)NCc2ccc(C(=N)N)cc2)C1=O. The number of hydrogen-bond acceptors (Lipinski definition) is 5. The minimum Gasteiger partial charge on any atom is -0.384 e. The molecule has 0 bridgehead atoms. The molecular formula is C23H26ClN5O4S. The van der Waals surface area contributed by atoms with Crippen molar-refractivity contribution in [3.05, 3.63) is 76.5 Å². The highest BCUT2D eigenvalue weighted by Gasteiger charge is 2.35. The van der Waals surface area contributed by atoms with E-state index in [1.54, 1.807) is 56.3 Å². The molecule has 0 saturated heterocycles. The summed E-state index contributed by atoms with van der Waals surface area (Å²) in [6, 6.07) is 11.6. The molecule has 2 aromatic carbocycles. The van der Waals surface area contributed by atoms with Crippen LogP contribution in [-0.2, 0) is 26.2 Å². The van der Waals surface area contributed by atoms with Gasteiger partial charge in [-0.2, -0.15) is 0 Å². The van der Waals surface area contributed by atoms with E-state index in [2.05, 4.69) is 10.1 Å². The van der Waals surface area contributed by atoms with Gasteiger partial charge in [0.05, 0.1) is 10.9 Å². The molecule has 1 aliphatic heterocycles. The Morgan fingerprint density at radius 2 is 1.88 bits per heavy atom. The molecule has 3 rings (SSSR count). The number of allylic oxidation sites excluding steroid dienone is 1. The van der Waals surface area contributed by atoms with Crippen molar-refractivity contribution < 1.29 is 18.0 Å². The van der Waals surface area contributed by atoms with E-state index in [1.807, 2.05) is 0 Å². The zero-order chi connectivity index (χ0) is 25.0. The summed E-state index contributed by atoms with van der Waals surface area (Å²) in [5, 5.41) is 11.1. The van der Waals surface area contributed by atoms with E-state index < -0.39 is 21.8 Å². The normalized spacial score (nSPS) is 18.1. The number of carbonyl (C=O) groups excluding carboxylic acids is 2. The fraction of sp³-hybridized carbons (Fsp3) is 0.261. The third-order valence-electron chi connectivity index (χ3n) is 5.54. The second-order valence-electron chi connectivity index (χ2n) is 8.09. The second-order valence-corrected chi connectivity index (χ2v) is 10.1. The summed E-state index contributed by atoms with van der Waals surface area (Å²) < 4.78 is 25.8. The summed E-state index contributed by atoms with van der Waals surface area (Å²) in [7, 11) is -4.13. The van der Waals surface area contributed by atoms with Gasteiger partial charge in [-0.3, -0.25) is 15.0 Å². The predicted molar refractivity (Wildman–Crippen MR) is 129 cm³/mol. The highest BCUT2D eigenvalue weighted by molar-refractivity contribution is 7.89. The van der Waals surface area contributed by atoms with Gasteiger partial charge < -0.3 is 11.1 Å². The number of nitrogens with zero attached hydrogens (tertiary/aromatic N) is 1. The molecule has 1 heterocycles. The van der Waals surface area contributed by atoms with Crippen LogP contribution in [0.5, 0.6) is 0 Å². The number of hydrazine groups is 1. The maximum Gasteiger partial charge on any atom is 0.259 e. The van der Waals surface area contributed by atoms with Crippen molar-refractivity contribution in [1.29, 1.82) is 5.41 Å². The van der Waals surface area contributed by atoms with Gasteiger partial charge in [0.15, 0.2) is 0 Å². The number of nitrogens with one attached hydrogen (secondary N) is 3. The van der Waals surface area contributed by atoms with Gasteiger partial charge in [0.25, 0.3) is 10.0 Å². The number of nitrogens with two attached hydrogens (primary N) is 1. The van der Waals surface area contributed by atoms with Crippen LogP contribution in [0.25, 0.3) is 0 Å². The number of benzene rings is 2. The Hall–Kier alpha value is -3.21. The monoisotopic (exact) mass is 503 g/mol. The van der Waals surface area contributed by atoms with E-state index in [0.29, 0.717) is 11.1 Å². The number of sulfonamides is 1. The van der Waals surface area contributed by atoms with E-state index in [4.69, 9.17) is 22.7 Å². The molecule has 9 nitrogen and oxygen atoms in total. The first kappa shape index (κ1) is 25.4. The summed E-state index contributed by atoms with van der Waals surface area (Å²) in [5.74, 6) is -1.94. The van der Waals surface area contributed by atoms with Gasteiger partial charge in [-0.25, -0.2) is 13.4 Å².